The number of nitrogens with zero attached hydrogens (tertiary/aromatic N) is 4. The Bertz CT molecular complexity index is 968. The number of carbonyl (C=O) groups is 1. The largest absolute Gasteiger partial charge is 0.366 e. The number of aryl methyl sites for hydroxylation is 1. The van der Waals surface area contributed by atoms with E-state index in [1.54, 1.807) is 23.5 Å². The number of amides is 1. The normalized spacial score (nSPS) is 14.6. The van der Waals surface area contributed by atoms with E-state index in [2.05, 4.69) is 15.3 Å². The van der Waals surface area contributed by atoms with Crippen molar-refractivity contribution in [3.05, 3.63) is 47.4 Å². The van der Waals surface area contributed by atoms with Crippen molar-refractivity contribution < 1.29 is 9.18 Å². The van der Waals surface area contributed by atoms with E-state index in [9.17, 15) is 9.18 Å². The maximum Gasteiger partial charge on any atom is 0.242 e. The van der Waals surface area contributed by atoms with Gasteiger partial charge in [-0.2, -0.15) is 0 Å². The summed E-state index contributed by atoms with van der Waals surface area (Å²) < 4.78 is 13.9. The molecule has 1 saturated heterocycles. The highest BCUT2D eigenvalue weighted by Crippen LogP contribution is 2.27. The van der Waals surface area contributed by atoms with Crippen molar-refractivity contribution in [1.82, 2.24) is 14.9 Å². The summed E-state index contributed by atoms with van der Waals surface area (Å²) in [5.41, 5.74) is 0.596. The van der Waals surface area contributed by atoms with Crippen molar-refractivity contribution in [2.24, 2.45) is 0 Å². The van der Waals surface area contributed by atoms with E-state index in [1.165, 1.54) is 12.4 Å². The van der Waals surface area contributed by atoms with Gasteiger partial charge in [-0.25, -0.2) is 14.4 Å². The Morgan fingerprint density at radius 1 is 1.22 bits per heavy atom. The second-order valence-electron chi connectivity index (χ2n) is 6.47. The summed E-state index contributed by atoms with van der Waals surface area (Å²) in [6.07, 6.45) is 1.51. The van der Waals surface area contributed by atoms with E-state index >= 15 is 0 Å². The number of rotatable bonds is 4. The fourth-order valence-corrected chi connectivity index (χ4v) is 4.14. The molecule has 0 spiro atoms. The van der Waals surface area contributed by atoms with Crippen molar-refractivity contribution in [2.75, 3.05) is 42.9 Å². The molecule has 2 aromatic heterocycles. The van der Waals surface area contributed by atoms with E-state index in [0.29, 0.717) is 37.7 Å². The molecule has 0 radical (unpaired) electrons. The van der Waals surface area contributed by atoms with E-state index in [4.69, 9.17) is 0 Å². The average Bonchev–Trinajstić information content (AvgIpc) is 3.07. The minimum Gasteiger partial charge on any atom is -0.366 e. The van der Waals surface area contributed by atoms with Gasteiger partial charge in [-0.15, -0.1) is 11.3 Å². The van der Waals surface area contributed by atoms with Gasteiger partial charge in [0.15, 0.2) is 0 Å². The molecule has 0 bridgehead atoms. The lowest BCUT2D eigenvalue weighted by Crippen LogP contribution is -2.50. The fraction of sp³-hybridized carbons (Fsp3) is 0.316. The number of hydrogen-bond acceptors (Lipinski definition) is 6. The number of hydrogen-bond donors (Lipinski definition) is 1. The van der Waals surface area contributed by atoms with Crippen LogP contribution in [0.2, 0.25) is 0 Å². The first kappa shape index (κ1) is 17.7. The second-order valence-corrected chi connectivity index (χ2v) is 7.71. The summed E-state index contributed by atoms with van der Waals surface area (Å²) in [7, 11) is 0. The van der Waals surface area contributed by atoms with Gasteiger partial charge in [0, 0.05) is 31.1 Å². The smallest absolute Gasteiger partial charge is 0.242 e. The number of thiophene rings is 1. The number of piperazine rings is 1. The summed E-state index contributed by atoms with van der Waals surface area (Å²) in [4.78, 5) is 26.9. The molecule has 1 N–H and O–H groups in total. The second kappa shape index (κ2) is 7.48. The highest BCUT2D eigenvalue weighted by atomic mass is 32.1. The Labute approximate surface area is 160 Å². The Balaban J connectivity index is 1.35. The van der Waals surface area contributed by atoms with Gasteiger partial charge in [0.1, 0.15) is 22.8 Å². The molecule has 0 atom stereocenters. The molecule has 1 aliphatic rings. The van der Waals surface area contributed by atoms with E-state index in [0.717, 1.165) is 15.1 Å². The summed E-state index contributed by atoms with van der Waals surface area (Å²) in [6.45, 7) is 4.59. The van der Waals surface area contributed by atoms with Gasteiger partial charge in [0.05, 0.1) is 17.6 Å². The van der Waals surface area contributed by atoms with Gasteiger partial charge in [-0.3, -0.25) is 4.79 Å². The average molecular weight is 385 g/mol. The molecule has 1 amide bonds. The number of nitrogens with one attached hydrogen (secondary N) is 1. The molecule has 3 aromatic rings. The maximum absolute atomic E-state index is 13.9. The minimum atomic E-state index is -0.224. The first-order valence-corrected chi connectivity index (χ1v) is 9.66. The van der Waals surface area contributed by atoms with Crippen LogP contribution in [0.15, 0.2) is 36.7 Å². The molecule has 0 saturated carbocycles. The highest BCUT2D eigenvalue weighted by molar-refractivity contribution is 7.18. The topological polar surface area (TPSA) is 61.4 Å². The van der Waals surface area contributed by atoms with Crippen molar-refractivity contribution in [3.63, 3.8) is 0 Å². The van der Waals surface area contributed by atoms with Crippen LogP contribution in [0.3, 0.4) is 0 Å². The molecule has 6 nitrogen and oxygen atoms in total. The van der Waals surface area contributed by atoms with Gasteiger partial charge in [-0.1, -0.05) is 12.1 Å². The fourth-order valence-electron chi connectivity index (χ4n) is 3.29. The zero-order valence-electron chi connectivity index (χ0n) is 15.0. The molecule has 0 unspecified atom stereocenters. The standard InChI is InChI=1S/C19H20FN5OS/c1-13-10-14-18(22-12-23-19(14)27-13)21-11-17(26)25-8-6-24(7-9-25)16-5-3-2-4-15(16)20/h2-5,10,12H,6-9,11H2,1H3,(H,21,22,23). The maximum atomic E-state index is 13.9. The van der Waals surface area contributed by atoms with E-state index < -0.39 is 0 Å². The van der Waals surface area contributed by atoms with Crippen LogP contribution in [0.1, 0.15) is 4.88 Å². The first-order chi connectivity index (χ1) is 13.1. The number of carbonyl (C=O) groups excluding carboxylic acids is 1. The van der Waals surface area contributed by atoms with E-state index in [-0.39, 0.29) is 18.3 Å². The van der Waals surface area contributed by atoms with Crippen LogP contribution in [-0.4, -0.2) is 53.5 Å². The third kappa shape index (κ3) is 3.71. The number of para-hydroxylation sites is 1. The summed E-state index contributed by atoms with van der Waals surface area (Å²) in [5, 5.41) is 4.08. The number of fused-ring (bicyclic) bond motifs is 1. The van der Waals surface area contributed by atoms with Gasteiger partial charge in [0.2, 0.25) is 5.91 Å². The molecule has 140 valence electrons. The summed E-state index contributed by atoms with van der Waals surface area (Å²) in [5.74, 6) is 0.474. The monoisotopic (exact) mass is 385 g/mol. The zero-order valence-corrected chi connectivity index (χ0v) is 15.8. The highest BCUT2D eigenvalue weighted by Gasteiger charge is 2.22. The molecule has 4 rings (SSSR count). The van der Waals surface area contributed by atoms with Crippen molar-refractivity contribution in [2.45, 2.75) is 6.92 Å². The molecule has 27 heavy (non-hydrogen) atoms. The summed E-state index contributed by atoms with van der Waals surface area (Å²) in [6, 6.07) is 8.78. The molecule has 8 heteroatoms. The van der Waals surface area contributed by atoms with Crippen LogP contribution in [-0.2, 0) is 4.79 Å². The quantitative estimate of drug-likeness (QED) is 0.748. The Kier molecular flexibility index (Phi) is 4.89. The van der Waals surface area contributed by atoms with Crippen molar-refractivity contribution in [3.8, 4) is 0 Å². The Hall–Kier alpha value is -2.74. The number of anilines is 2. The molecular formula is C19H20FN5OS. The number of benzene rings is 1. The number of aromatic nitrogens is 2. The SMILES string of the molecule is Cc1cc2c(NCC(=O)N3CCN(c4ccccc4F)CC3)ncnc2s1. The van der Waals surface area contributed by atoms with Gasteiger partial charge in [-0.05, 0) is 25.1 Å². The van der Waals surface area contributed by atoms with Crippen LogP contribution < -0.4 is 10.2 Å². The lowest BCUT2D eigenvalue weighted by atomic mass is 10.2. The lowest BCUT2D eigenvalue weighted by molar-refractivity contribution is -0.129. The molecule has 0 aliphatic carbocycles. The predicted molar refractivity (Wildman–Crippen MR) is 106 cm³/mol. The van der Waals surface area contributed by atoms with Gasteiger partial charge >= 0.3 is 0 Å². The molecule has 1 fully saturated rings. The first-order valence-electron chi connectivity index (χ1n) is 8.84. The zero-order chi connectivity index (χ0) is 18.8. The Morgan fingerprint density at radius 2 is 2.00 bits per heavy atom. The predicted octanol–water partition coefficient (Wildman–Crippen LogP) is 2.90. The van der Waals surface area contributed by atoms with Gasteiger partial charge in [0.25, 0.3) is 0 Å². The van der Waals surface area contributed by atoms with Crippen LogP contribution >= 0.6 is 11.3 Å². The molecule has 1 aromatic carbocycles. The van der Waals surface area contributed by atoms with Crippen LogP contribution in [0, 0.1) is 12.7 Å². The third-order valence-corrected chi connectivity index (χ3v) is 5.64. The molecule has 3 heterocycles. The molecule has 1 aliphatic heterocycles. The lowest BCUT2D eigenvalue weighted by Gasteiger charge is -2.36. The van der Waals surface area contributed by atoms with Gasteiger partial charge < -0.3 is 15.1 Å². The van der Waals surface area contributed by atoms with Crippen LogP contribution in [0.4, 0.5) is 15.9 Å². The Morgan fingerprint density at radius 3 is 2.78 bits per heavy atom. The third-order valence-electron chi connectivity index (χ3n) is 4.69. The molecular weight excluding hydrogens is 365 g/mol. The van der Waals surface area contributed by atoms with Crippen molar-refractivity contribution in [1.29, 1.82) is 0 Å². The van der Waals surface area contributed by atoms with Crippen molar-refractivity contribution >= 4 is 39.0 Å². The van der Waals surface area contributed by atoms with Crippen LogP contribution in [0.5, 0.6) is 0 Å². The summed E-state index contributed by atoms with van der Waals surface area (Å²) >= 11 is 1.61. The van der Waals surface area contributed by atoms with E-state index in [1.807, 2.05) is 28.9 Å². The van der Waals surface area contributed by atoms with Crippen LogP contribution in [0.25, 0.3) is 10.2 Å². The minimum absolute atomic E-state index is 0.0156. The number of halogens is 1.